The number of aromatic nitrogens is 1. The number of carbonyl (C=O) groups is 1. The lowest BCUT2D eigenvalue weighted by atomic mass is 9.98. The van der Waals surface area contributed by atoms with Crippen molar-refractivity contribution in [2.45, 2.75) is 32.3 Å². The van der Waals surface area contributed by atoms with Crippen LogP contribution in [-0.4, -0.2) is 28.1 Å². The van der Waals surface area contributed by atoms with Gasteiger partial charge in [-0.1, -0.05) is 26.0 Å². The zero-order chi connectivity index (χ0) is 15.3. The van der Waals surface area contributed by atoms with E-state index in [2.05, 4.69) is 10.3 Å². The van der Waals surface area contributed by atoms with Gasteiger partial charge in [-0.3, -0.25) is 4.79 Å². The molecule has 0 bridgehead atoms. The molecule has 0 saturated heterocycles. The third kappa shape index (κ3) is 4.12. The van der Waals surface area contributed by atoms with Crippen molar-refractivity contribution < 1.29 is 9.90 Å². The van der Waals surface area contributed by atoms with E-state index in [4.69, 9.17) is 0 Å². The maximum Gasteiger partial charge on any atom is 0.244 e. The highest BCUT2D eigenvalue weighted by molar-refractivity contribution is 7.19. The van der Waals surface area contributed by atoms with Crippen LogP contribution in [0.5, 0.6) is 0 Å². The topological polar surface area (TPSA) is 62.2 Å². The molecular weight excluding hydrogens is 284 g/mol. The largest absolute Gasteiger partial charge is 0.388 e. The first-order valence-corrected chi connectivity index (χ1v) is 7.92. The molecule has 2 N–H and O–H groups in total. The van der Waals surface area contributed by atoms with Crippen molar-refractivity contribution >= 4 is 33.5 Å². The first-order valence-electron chi connectivity index (χ1n) is 7.10. The molecule has 0 aliphatic rings. The molecule has 2 aromatic rings. The summed E-state index contributed by atoms with van der Waals surface area (Å²) in [5.74, 6) is -0.213. The molecule has 0 unspecified atom stereocenters. The number of para-hydroxylation sites is 1. The molecule has 4 nitrogen and oxygen atoms in total. The molecule has 1 heterocycles. The lowest BCUT2D eigenvalue weighted by Gasteiger charge is -2.24. The van der Waals surface area contributed by atoms with Crippen molar-refractivity contribution in [2.24, 2.45) is 0 Å². The van der Waals surface area contributed by atoms with E-state index in [-0.39, 0.29) is 12.5 Å². The van der Waals surface area contributed by atoms with Crippen molar-refractivity contribution in [1.82, 2.24) is 10.3 Å². The molecule has 1 aromatic carbocycles. The van der Waals surface area contributed by atoms with E-state index in [1.165, 1.54) is 6.08 Å². The second kappa shape index (κ2) is 6.83. The molecule has 0 atom stereocenters. The quantitative estimate of drug-likeness (QED) is 0.807. The third-order valence-corrected chi connectivity index (χ3v) is 4.60. The van der Waals surface area contributed by atoms with Crippen LogP contribution in [0, 0.1) is 0 Å². The van der Waals surface area contributed by atoms with Crippen molar-refractivity contribution in [3.8, 4) is 0 Å². The molecule has 0 saturated carbocycles. The Labute approximate surface area is 128 Å². The summed E-state index contributed by atoms with van der Waals surface area (Å²) >= 11 is 1.54. The normalized spacial score (nSPS) is 12.1. The van der Waals surface area contributed by atoms with Gasteiger partial charge in [-0.25, -0.2) is 4.98 Å². The molecule has 2 rings (SSSR count). The predicted molar refractivity (Wildman–Crippen MR) is 87.2 cm³/mol. The van der Waals surface area contributed by atoms with Crippen LogP contribution in [-0.2, 0) is 4.79 Å². The Kier molecular flexibility index (Phi) is 5.09. The third-order valence-electron chi connectivity index (χ3n) is 3.60. The maximum absolute atomic E-state index is 11.8. The van der Waals surface area contributed by atoms with Gasteiger partial charge in [0.1, 0.15) is 5.01 Å². The fourth-order valence-corrected chi connectivity index (χ4v) is 2.79. The van der Waals surface area contributed by atoms with Gasteiger partial charge in [0.05, 0.1) is 15.8 Å². The molecule has 0 aliphatic heterocycles. The smallest absolute Gasteiger partial charge is 0.244 e. The fraction of sp³-hybridized carbons (Fsp3) is 0.375. The summed E-state index contributed by atoms with van der Waals surface area (Å²) in [5.41, 5.74) is 0.119. The Balaban J connectivity index is 1.95. The predicted octanol–water partition coefficient (Wildman–Crippen LogP) is 2.98. The molecule has 1 aromatic heterocycles. The second-order valence-electron chi connectivity index (χ2n) is 5.00. The molecule has 1 amide bonds. The van der Waals surface area contributed by atoms with Crippen LogP contribution in [0.2, 0.25) is 0 Å². The number of rotatable bonds is 6. The summed E-state index contributed by atoms with van der Waals surface area (Å²) in [4.78, 5) is 16.2. The Morgan fingerprint density at radius 2 is 2.10 bits per heavy atom. The van der Waals surface area contributed by atoms with Gasteiger partial charge in [-0.05, 0) is 31.1 Å². The van der Waals surface area contributed by atoms with Crippen LogP contribution in [0.15, 0.2) is 30.3 Å². The SMILES string of the molecule is CCC(O)(CC)CNC(=O)C=Cc1nc2ccccc2s1. The number of fused-ring (bicyclic) bond motifs is 1. The molecule has 0 aliphatic carbocycles. The van der Waals surface area contributed by atoms with Gasteiger partial charge in [0.25, 0.3) is 0 Å². The van der Waals surface area contributed by atoms with Gasteiger partial charge in [0.2, 0.25) is 5.91 Å². The van der Waals surface area contributed by atoms with Gasteiger partial charge in [-0.15, -0.1) is 11.3 Å². The summed E-state index contributed by atoms with van der Waals surface area (Å²) in [6.07, 6.45) is 4.40. The standard InChI is InChI=1S/C16H20N2O2S/c1-3-16(20,4-2)11-17-14(19)9-10-15-18-12-7-5-6-8-13(12)21-15/h5-10,20H,3-4,11H2,1-2H3,(H,17,19). The Bertz CT molecular complexity index is 612. The number of carbonyl (C=O) groups excluding carboxylic acids is 1. The van der Waals surface area contributed by atoms with Gasteiger partial charge < -0.3 is 10.4 Å². The number of aliphatic hydroxyl groups is 1. The van der Waals surface area contributed by atoms with Gasteiger partial charge >= 0.3 is 0 Å². The van der Waals surface area contributed by atoms with Gasteiger partial charge in [-0.2, -0.15) is 0 Å². The highest BCUT2D eigenvalue weighted by atomic mass is 32.1. The Morgan fingerprint density at radius 1 is 1.38 bits per heavy atom. The van der Waals surface area contributed by atoms with E-state index in [0.29, 0.717) is 12.8 Å². The van der Waals surface area contributed by atoms with E-state index in [0.717, 1.165) is 15.2 Å². The number of thiazole rings is 1. The average molecular weight is 304 g/mol. The number of nitrogens with one attached hydrogen (secondary N) is 1. The van der Waals surface area contributed by atoms with Crippen LogP contribution >= 0.6 is 11.3 Å². The van der Waals surface area contributed by atoms with E-state index in [1.807, 2.05) is 38.1 Å². The molecule has 0 radical (unpaired) electrons. The summed E-state index contributed by atoms with van der Waals surface area (Å²) in [7, 11) is 0. The van der Waals surface area contributed by atoms with Crippen LogP contribution in [0.25, 0.3) is 16.3 Å². The van der Waals surface area contributed by atoms with Crippen molar-refractivity contribution in [3.05, 3.63) is 35.3 Å². The summed E-state index contributed by atoms with van der Waals surface area (Å²) in [6, 6.07) is 7.87. The number of benzene rings is 1. The van der Waals surface area contributed by atoms with Crippen LogP contribution in [0.1, 0.15) is 31.7 Å². The van der Waals surface area contributed by atoms with E-state index >= 15 is 0 Å². The van der Waals surface area contributed by atoms with Crippen molar-refractivity contribution in [3.63, 3.8) is 0 Å². The van der Waals surface area contributed by atoms with Crippen LogP contribution in [0.3, 0.4) is 0 Å². The van der Waals surface area contributed by atoms with Crippen molar-refractivity contribution in [2.75, 3.05) is 6.54 Å². The molecule has 5 heteroatoms. The number of amides is 1. The van der Waals surface area contributed by atoms with Crippen molar-refractivity contribution in [1.29, 1.82) is 0 Å². The highest BCUT2D eigenvalue weighted by Crippen LogP contribution is 2.22. The molecular formula is C16H20N2O2S. The second-order valence-corrected chi connectivity index (χ2v) is 6.06. The Hall–Kier alpha value is -1.72. The van der Waals surface area contributed by atoms with E-state index in [1.54, 1.807) is 17.4 Å². The maximum atomic E-state index is 11.8. The summed E-state index contributed by atoms with van der Waals surface area (Å²) < 4.78 is 1.10. The minimum absolute atomic E-state index is 0.213. The minimum atomic E-state index is -0.820. The monoisotopic (exact) mass is 304 g/mol. The minimum Gasteiger partial charge on any atom is -0.388 e. The first-order chi connectivity index (χ1) is 10.1. The number of nitrogens with zero attached hydrogens (tertiary/aromatic N) is 1. The summed E-state index contributed by atoms with van der Waals surface area (Å²) in [6.45, 7) is 4.09. The van der Waals surface area contributed by atoms with Crippen LogP contribution in [0.4, 0.5) is 0 Å². The first kappa shape index (κ1) is 15.7. The molecule has 0 spiro atoms. The molecule has 21 heavy (non-hydrogen) atoms. The van der Waals surface area contributed by atoms with Gasteiger partial charge in [0, 0.05) is 12.6 Å². The zero-order valence-corrected chi connectivity index (χ0v) is 13.1. The summed E-state index contributed by atoms with van der Waals surface area (Å²) in [5, 5.41) is 13.6. The highest BCUT2D eigenvalue weighted by Gasteiger charge is 2.22. The number of hydrogen-bond donors (Lipinski definition) is 2. The van der Waals surface area contributed by atoms with Crippen LogP contribution < -0.4 is 5.32 Å². The average Bonchev–Trinajstić information content (AvgIpc) is 2.93. The molecule has 112 valence electrons. The lowest BCUT2D eigenvalue weighted by Crippen LogP contribution is -2.41. The zero-order valence-electron chi connectivity index (χ0n) is 12.3. The lowest BCUT2D eigenvalue weighted by molar-refractivity contribution is -0.117. The van der Waals surface area contributed by atoms with E-state index < -0.39 is 5.60 Å². The Morgan fingerprint density at radius 3 is 2.76 bits per heavy atom. The fourth-order valence-electron chi connectivity index (χ4n) is 1.92. The number of hydrogen-bond acceptors (Lipinski definition) is 4. The van der Waals surface area contributed by atoms with Gasteiger partial charge in [0.15, 0.2) is 0 Å². The molecule has 0 fully saturated rings. The van der Waals surface area contributed by atoms with E-state index in [9.17, 15) is 9.90 Å².